The molecule has 1 fully saturated rings. The molecule has 0 aliphatic carbocycles. The van der Waals surface area contributed by atoms with Crippen molar-refractivity contribution in [1.82, 2.24) is 30.3 Å². The zero-order valence-electron chi connectivity index (χ0n) is 15.9. The van der Waals surface area contributed by atoms with Crippen LogP contribution in [0.2, 0.25) is 0 Å². The molecule has 1 atom stereocenters. The van der Waals surface area contributed by atoms with E-state index < -0.39 is 24.7 Å². The molecule has 2 heterocycles. The molecular formula is C18H24ClF3N6O. The van der Waals surface area contributed by atoms with E-state index in [0.29, 0.717) is 25.3 Å². The Balaban J connectivity index is 0.00000300. The lowest BCUT2D eigenvalue weighted by molar-refractivity contribution is -0.183. The van der Waals surface area contributed by atoms with Crippen molar-refractivity contribution in [1.29, 1.82) is 0 Å². The first-order valence-corrected chi connectivity index (χ1v) is 9.21. The van der Waals surface area contributed by atoms with E-state index >= 15 is 0 Å². The average Bonchev–Trinajstić information content (AvgIpc) is 3.13. The van der Waals surface area contributed by atoms with Crippen molar-refractivity contribution in [3.8, 4) is 5.69 Å². The van der Waals surface area contributed by atoms with E-state index in [-0.39, 0.29) is 31.3 Å². The van der Waals surface area contributed by atoms with E-state index in [1.165, 1.54) is 9.58 Å². The summed E-state index contributed by atoms with van der Waals surface area (Å²) >= 11 is 0. The quantitative estimate of drug-likeness (QED) is 0.728. The molecule has 0 saturated carbocycles. The van der Waals surface area contributed by atoms with Crippen LogP contribution in [0.4, 0.5) is 13.2 Å². The Kier molecular flexibility index (Phi) is 8.00. The van der Waals surface area contributed by atoms with E-state index in [2.05, 4.69) is 20.7 Å². The van der Waals surface area contributed by atoms with Gasteiger partial charge in [-0.3, -0.25) is 9.69 Å². The Labute approximate surface area is 173 Å². The van der Waals surface area contributed by atoms with Gasteiger partial charge in [-0.15, -0.1) is 17.5 Å². The van der Waals surface area contributed by atoms with Crippen LogP contribution in [-0.2, 0) is 6.42 Å². The first-order chi connectivity index (χ1) is 13.4. The standard InChI is InChI=1S/C18H23F3N6O.ClH/c1-2-15-24-16(25-27(15)13-6-4-3-5-7-13)17(28)23-12-14(18(19,20)21)26-10-8-22-9-11-26;/h3-7,14,22H,2,8-12H2,1H3,(H,23,28);1H. The SMILES string of the molecule is CCc1nc(C(=O)NCC(N2CCNCC2)C(F)(F)F)nn1-c1ccccc1.Cl. The molecule has 1 amide bonds. The number of rotatable bonds is 6. The summed E-state index contributed by atoms with van der Waals surface area (Å²) in [6, 6.07) is 7.42. The minimum absolute atomic E-state index is 0. The van der Waals surface area contributed by atoms with Gasteiger partial charge in [0.1, 0.15) is 11.9 Å². The Bertz CT molecular complexity index is 793. The van der Waals surface area contributed by atoms with Crippen LogP contribution in [-0.4, -0.2) is 70.5 Å². The van der Waals surface area contributed by atoms with Gasteiger partial charge in [0, 0.05) is 39.1 Å². The summed E-state index contributed by atoms with van der Waals surface area (Å²) in [5, 5.41) is 9.58. The molecule has 0 radical (unpaired) electrons. The number of carbonyl (C=O) groups is 1. The molecule has 11 heteroatoms. The highest BCUT2D eigenvalue weighted by Crippen LogP contribution is 2.24. The van der Waals surface area contributed by atoms with Gasteiger partial charge in [-0.1, -0.05) is 25.1 Å². The first-order valence-electron chi connectivity index (χ1n) is 9.21. The Morgan fingerprint density at radius 3 is 2.48 bits per heavy atom. The number of carbonyl (C=O) groups excluding carboxylic acids is 1. The van der Waals surface area contributed by atoms with Crippen LogP contribution >= 0.6 is 12.4 Å². The average molecular weight is 433 g/mol. The number of nitrogens with zero attached hydrogens (tertiary/aromatic N) is 4. The molecule has 29 heavy (non-hydrogen) atoms. The minimum Gasteiger partial charge on any atom is -0.347 e. The Hall–Kier alpha value is -2.17. The number of aromatic nitrogens is 3. The molecule has 1 aliphatic heterocycles. The van der Waals surface area contributed by atoms with Crippen molar-refractivity contribution < 1.29 is 18.0 Å². The molecule has 1 unspecified atom stereocenters. The highest BCUT2D eigenvalue weighted by molar-refractivity contribution is 5.90. The largest absolute Gasteiger partial charge is 0.405 e. The number of hydrogen-bond donors (Lipinski definition) is 2. The lowest BCUT2D eigenvalue weighted by atomic mass is 10.2. The molecule has 0 bridgehead atoms. The molecule has 1 aliphatic rings. The van der Waals surface area contributed by atoms with Crippen molar-refractivity contribution in [2.45, 2.75) is 25.6 Å². The summed E-state index contributed by atoms with van der Waals surface area (Å²) in [5.41, 5.74) is 0.736. The number of piperazine rings is 1. The zero-order chi connectivity index (χ0) is 20.1. The van der Waals surface area contributed by atoms with Crippen molar-refractivity contribution in [2.24, 2.45) is 0 Å². The minimum atomic E-state index is -4.43. The molecule has 7 nitrogen and oxygen atoms in total. The molecular weight excluding hydrogens is 409 g/mol. The summed E-state index contributed by atoms with van der Waals surface area (Å²) in [6.07, 6.45) is -3.91. The van der Waals surface area contributed by atoms with Crippen molar-refractivity contribution in [3.63, 3.8) is 0 Å². The van der Waals surface area contributed by atoms with Gasteiger partial charge in [-0.2, -0.15) is 13.2 Å². The highest BCUT2D eigenvalue weighted by atomic mass is 35.5. The number of halogens is 4. The maximum absolute atomic E-state index is 13.5. The van der Waals surface area contributed by atoms with Crippen molar-refractivity contribution in [3.05, 3.63) is 42.0 Å². The van der Waals surface area contributed by atoms with Crippen LogP contribution in [0.3, 0.4) is 0 Å². The maximum atomic E-state index is 13.5. The smallest absolute Gasteiger partial charge is 0.347 e. The Morgan fingerprint density at radius 1 is 1.24 bits per heavy atom. The summed E-state index contributed by atoms with van der Waals surface area (Å²) in [4.78, 5) is 18.0. The van der Waals surface area contributed by atoms with Gasteiger partial charge in [0.2, 0.25) is 5.82 Å². The molecule has 1 aromatic heterocycles. The van der Waals surface area contributed by atoms with Gasteiger partial charge < -0.3 is 10.6 Å². The second kappa shape index (κ2) is 10.0. The molecule has 1 aromatic carbocycles. The monoisotopic (exact) mass is 432 g/mol. The zero-order valence-corrected chi connectivity index (χ0v) is 16.8. The Morgan fingerprint density at radius 2 is 1.90 bits per heavy atom. The summed E-state index contributed by atoms with van der Waals surface area (Å²) in [6.45, 7) is 2.87. The molecule has 1 saturated heterocycles. The highest BCUT2D eigenvalue weighted by Gasteiger charge is 2.44. The molecule has 0 spiro atoms. The third-order valence-electron chi connectivity index (χ3n) is 4.62. The predicted molar refractivity (Wildman–Crippen MR) is 105 cm³/mol. The van der Waals surface area contributed by atoms with Gasteiger partial charge in [0.15, 0.2) is 0 Å². The van der Waals surface area contributed by atoms with Crippen LogP contribution in [0.25, 0.3) is 5.69 Å². The van der Waals surface area contributed by atoms with Crippen molar-refractivity contribution >= 4 is 18.3 Å². The maximum Gasteiger partial charge on any atom is 0.405 e. The first kappa shape index (κ1) is 23.1. The van der Waals surface area contributed by atoms with E-state index in [0.717, 1.165) is 5.69 Å². The molecule has 2 N–H and O–H groups in total. The fourth-order valence-electron chi connectivity index (χ4n) is 3.16. The number of aryl methyl sites for hydroxylation is 1. The predicted octanol–water partition coefficient (Wildman–Crippen LogP) is 1.82. The number of benzene rings is 1. The van der Waals surface area contributed by atoms with Gasteiger partial charge in [0.05, 0.1) is 5.69 Å². The van der Waals surface area contributed by atoms with Crippen LogP contribution in [0, 0.1) is 0 Å². The molecule has 3 rings (SSSR count). The lowest BCUT2D eigenvalue weighted by Crippen LogP contribution is -2.57. The second-order valence-corrected chi connectivity index (χ2v) is 6.51. The van der Waals surface area contributed by atoms with Crippen LogP contribution in [0.5, 0.6) is 0 Å². The van der Waals surface area contributed by atoms with Crippen LogP contribution in [0.15, 0.2) is 30.3 Å². The fraction of sp³-hybridized carbons (Fsp3) is 0.500. The lowest BCUT2D eigenvalue weighted by Gasteiger charge is -2.35. The van der Waals surface area contributed by atoms with Gasteiger partial charge in [-0.05, 0) is 12.1 Å². The van der Waals surface area contributed by atoms with Gasteiger partial charge in [0.25, 0.3) is 5.91 Å². The third-order valence-corrected chi connectivity index (χ3v) is 4.62. The van der Waals surface area contributed by atoms with E-state index in [4.69, 9.17) is 0 Å². The summed E-state index contributed by atoms with van der Waals surface area (Å²) in [7, 11) is 0. The number of nitrogens with one attached hydrogen (secondary N) is 2. The van der Waals surface area contributed by atoms with Crippen LogP contribution < -0.4 is 10.6 Å². The van der Waals surface area contributed by atoms with E-state index in [9.17, 15) is 18.0 Å². The number of amides is 1. The topological polar surface area (TPSA) is 75.1 Å². The number of para-hydroxylation sites is 1. The normalized spacial score (nSPS) is 16.1. The summed E-state index contributed by atoms with van der Waals surface area (Å²) in [5.74, 6) is -0.290. The van der Waals surface area contributed by atoms with Crippen molar-refractivity contribution in [2.75, 3.05) is 32.7 Å². The number of alkyl halides is 3. The third kappa shape index (κ3) is 5.68. The molecule has 2 aromatic rings. The second-order valence-electron chi connectivity index (χ2n) is 6.51. The van der Waals surface area contributed by atoms with E-state index in [1.807, 2.05) is 37.3 Å². The van der Waals surface area contributed by atoms with E-state index in [1.54, 1.807) is 0 Å². The van der Waals surface area contributed by atoms with Crippen LogP contribution in [0.1, 0.15) is 23.4 Å². The van der Waals surface area contributed by atoms with Gasteiger partial charge in [-0.25, -0.2) is 9.67 Å². The molecule has 160 valence electrons. The summed E-state index contributed by atoms with van der Waals surface area (Å²) < 4.78 is 41.9. The van der Waals surface area contributed by atoms with Gasteiger partial charge >= 0.3 is 6.18 Å². The fourth-order valence-corrected chi connectivity index (χ4v) is 3.16. The number of hydrogen-bond acceptors (Lipinski definition) is 5.